The molecular weight excluding hydrogens is 245 g/mol. The summed E-state index contributed by atoms with van der Waals surface area (Å²) in [5.41, 5.74) is 0.483. The van der Waals surface area contributed by atoms with E-state index in [1.165, 1.54) is 13.0 Å². The van der Waals surface area contributed by atoms with Crippen molar-refractivity contribution < 1.29 is 13.9 Å². The van der Waals surface area contributed by atoms with Crippen LogP contribution in [0, 0.1) is 5.82 Å². The van der Waals surface area contributed by atoms with E-state index in [1.54, 1.807) is 12.1 Å². The van der Waals surface area contributed by atoms with E-state index in [0.29, 0.717) is 24.3 Å². The van der Waals surface area contributed by atoms with Crippen molar-refractivity contribution in [3.05, 3.63) is 29.6 Å². The number of morpholine rings is 1. The summed E-state index contributed by atoms with van der Waals surface area (Å²) >= 11 is 0. The molecule has 0 N–H and O–H groups in total. The van der Waals surface area contributed by atoms with Crippen LogP contribution < -0.4 is 4.90 Å². The number of nitrogens with zero attached hydrogens (tertiary/aromatic N) is 1. The van der Waals surface area contributed by atoms with E-state index in [-0.39, 0.29) is 23.3 Å². The Morgan fingerprint density at radius 3 is 2.74 bits per heavy atom. The maximum atomic E-state index is 14.1. The van der Waals surface area contributed by atoms with Crippen LogP contribution in [0.2, 0.25) is 0 Å². The van der Waals surface area contributed by atoms with Gasteiger partial charge in [0, 0.05) is 18.7 Å². The highest BCUT2D eigenvalue weighted by atomic mass is 19.1. The zero-order valence-electron chi connectivity index (χ0n) is 11.9. The minimum atomic E-state index is -0.353. The molecule has 1 fully saturated rings. The van der Waals surface area contributed by atoms with Crippen LogP contribution in [0.15, 0.2) is 18.2 Å². The smallest absolute Gasteiger partial charge is 0.161 e. The summed E-state index contributed by atoms with van der Waals surface area (Å²) in [5.74, 6) is -0.468. The van der Waals surface area contributed by atoms with Crippen molar-refractivity contribution in [2.24, 2.45) is 0 Å². The highest BCUT2D eigenvalue weighted by molar-refractivity contribution is 5.99. The molecule has 1 heterocycles. The zero-order valence-corrected chi connectivity index (χ0v) is 11.9. The molecule has 0 spiro atoms. The fourth-order valence-electron chi connectivity index (χ4n) is 2.74. The molecule has 0 aliphatic carbocycles. The van der Waals surface area contributed by atoms with E-state index < -0.39 is 0 Å². The average Bonchev–Trinajstić information content (AvgIpc) is 2.25. The van der Waals surface area contributed by atoms with Gasteiger partial charge in [0.25, 0.3) is 0 Å². The number of Topliss-reactive ketones (excluding diaryl/α,β-unsaturated/α-hetero) is 1. The lowest BCUT2D eigenvalue weighted by molar-refractivity contribution is -0.0751. The van der Waals surface area contributed by atoms with E-state index in [2.05, 4.69) is 0 Å². The van der Waals surface area contributed by atoms with Crippen LogP contribution in [0.5, 0.6) is 0 Å². The third kappa shape index (κ3) is 2.95. The largest absolute Gasteiger partial charge is 0.369 e. The van der Waals surface area contributed by atoms with Gasteiger partial charge in [0.2, 0.25) is 0 Å². The zero-order chi connectivity index (χ0) is 14.2. The van der Waals surface area contributed by atoms with Gasteiger partial charge >= 0.3 is 0 Å². The molecule has 104 valence electrons. The Kier molecular flexibility index (Phi) is 3.63. The molecule has 1 aliphatic heterocycles. The summed E-state index contributed by atoms with van der Waals surface area (Å²) in [6, 6.07) is 4.65. The van der Waals surface area contributed by atoms with Crippen molar-refractivity contribution in [1.29, 1.82) is 0 Å². The number of ether oxygens (including phenoxy) is 1. The Bertz CT molecular complexity index is 499. The van der Waals surface area contributed by atoms with Crippen molar-refractivity contribution in [3.63, 3.8) is 0 Å². The minimum Gasteiger partial charge on any atom is -0.369 e. The van der Waals surface area contributed by atoms with Gasteiger partial charge in [-0.05, 0) is 39.8 Å². The van der Waals surface area contributed by atoms with E-state index in [1.807, 2.05) is 25.7 Å². The minimum absolute atomic E-state index is 0.00293. The molecule has 0 radical (unpaired) electrons. The summed E-state index contributed by atoms with van der Waals surface area (Å²) in [6.45, 7) is 8.53. The summed E-state index contributed by atoms with van der Waals surface area (Å²) < 4.78 is 20.0. The number of halogens is 1. The first-order valence-corrected chi connectivity index (χ1v) is 6.52. The number of para-hydroxylation sites is 1. The van der Waals surface area contributed by atoms with Crippen molar-refractivity contribution in [3.8, 4) is 0 Å². The molecule has 4 heteroatoms. The van der Waals surface area contributed by atoms with E-state index in [0.717, 1.165) is 0 Å². The molecule has 0 bridgehead atoms. The molecule has 3 nitrogen and oxygen atoms in total. The number of rotatable bonds is 2. The van der Waals surface area contributed by atoms with Crippen LogP contribution in [0.1, 0.15) is 38.1 Å². The number of carbonyl (C=O) groups excluding carboxylic acids is 1. The second-order valence-corrected chi connectivity index (χ2v) is 5.76. The first-order chi connectivity index (χ1) is 8.80. The van der Waals surface area contributed by atoms with Gasteiger partial charge in [-0.15, -0.1) is 0 Å². The number of hydrogen-bond donors (Lipinski definition) is 0. The van der Waals surface area contributed by atoms with Gasteiger partial charge in [-0.1, -0.05) is 6.07 Å². The van der Waals surface area contributed by atoms with Crippen molar-refractivity contribution in [1.82, 2.24) is 0 Å². The van der Waals surface area contributed by atoms with Gasteiger partial charge in [0.1, 0.15) is 5.82 Å². The third-order valence-electron chi connectivity index (χ3n) is 3.25. The van der Waals surface area contributed by atoms with Crippen molar-refractivity contribution >= 4 is 11.5 Å². The molecule has 1 aromatic carbocycles. The Morgan fingerprint density at radius 1 is 1.47 bits per heavy atom. The Balaban J connectivity index is 2.43. The van der Waals surface area contributed by atoms with Gasteiger partial charge < -0.3 is 9.64 Å². The fourth-order valence-corrected chi connectivity index (χ4v) is 2.74. The van der Waals surface area contributed by atoms with Crippen LogP contribution in [0.4, 0.5) is 10.1 Å². The predicted molar refractivity (Wildman–Crippen MR) is 73.2 cm³/mol. The van der Waals surface area contributed by atoms with E-state index in [9.17, 15) is 9.18 Å². The summed E-state index contributed by atoms with van der Waals surface area (Å²) in [7, 11) is 0. The van der Waals surface area contributed by atoms with Gasteiger partial charge in [-0.3, -0.25) is 4.79 Å². The molecule has 0 saturated carbocycles. The van der Waals surface area contributed by atoms with Gasteiger partial charge in [0.05, 0.1) is 17.4 Å². The molecule has 2 rings (SSSR count). The summed E-state index contributed by atoms with van der Waals surface area (Å²) in [4.78, 5) is 13.6. The van der Waals surface area contributed by atoms with E-state index >= 15 is 0 Å². The molecule has 1 aromatic rings. The fraction of sp³-hybridized carbons (Fsp3) is 0.533. The lowest BCUT2D eigenvalue weighted by atomic mass is 10.0. The molecule has 1 aliphatic rings. The Hall–Kier alpha value is -1.42. The van der Waals surface area contributed by atoms with Gasteiger partial charge in [-0.2, -0.15) is 0 Å². The molecule has 19 heavy (non-hydrogen) atoms. The van der Waals surface area contributed by atoms with Crippen molar-refractivity contribution in [2.45, 2.75) is 39.4 Å². The SMILES string of the molecule is CC(=O)c1cccc(F)c1N1CC(C)OC(C)(C)C1. The molecule has 1 saturated heterocycles. The normalized spacial score (nSPS) is 22.4. The van der Waals surface area contributed by atoms with Crippen LogP contribution in [-0.4, -0.2) is 30.6 Å². The second kappa shape index (κ2) is 4.93. The standard InChI is InChI=1S/C15H20FNO2/c1-10-8-17(9-15(3,4)19-10)14-12(11(2)18)6-5-7-13(14)16/h5-7,10H,8-9H2,1-4H3. The maximum Gasteiger partial charge on any atom is 0.161 e. The predicted octanol–water partition coefficient (Wildman–Crippen LogP) is 3.03. The Morgan fingerprint density at radius 2 is 2.16 bits per heavy atom. The average molecular weight is 265 g/mol. The summed E-state index contributed by atoms with van der Waals surface area (Å²) in [6.07, 6.45) is 0.00293. The number of hydrogen-bond acceptors (Lipinski definition) is 3. The molecule has 1 unspecified atom stereocenters. The third-order valence-corrected chi connectivity index (χ3v) is 3.25. The van der Waals surface area contributed by atoms with Gasteiger partial charge in [0.15, 0.2) is 5.78 Å². The first-order valence-electron chi connectivity index (χ1n) is 6.52. The highest BCUT2D eigenvalue weighted by Crippen LogP contribution is 2.31. The molecular formula is C15H20FNO2. The maximum absolute atomic E-state index is 14.1. The molecule has 0 aromatic heterocycles. The quantitative estimate of drug-likeness (QED) is 0.770. The summed E-state index contributed by atoms with van der Waals surface area (Å²) in [5, 5.41) is 0. The van der Waals surface area contributed by atoms with Crippen LogP contribution in [-0.2, 0) is 4.74 Å². The second-order valence-electron chi connectivity index (χ2n) is 5.76. The number of ketones is 1. The lowest BCUT2D eigenvalue weighted by Gasteiger charge is -2.43. The van der Waals surface area contributed by atoms with Gasteiger partial charge in [-0.25, -0.2) is 4.39 Å². The van der Waals surface area contributed by atoms with Crippen molar-refractivity contribution in [2.75, 3.05) is 18.0 Å². The highest BCUT2D eigenvalue weighted by Gasteiger charge is 2.33. The van der Waals surface area contributed by atoms with Crippen LogP contribution in [0.25, 0.3) is 0 Å². The lowest BCUT2D eigenvalue weighted by Crippen LogP contribution is -2.52. The van der Waals surface area contributed by atoms with Crippen LogP contribution in [0.3, 0.4) is 0 Å². The molecule has 0 amide bonds. The van der Waals surface area contributed by atoms with Crippen LogP contribution >= 0.6 is 0 Å². The number of carbonyl (C=O) groups is 1. The topological polar surface area (TPSA) is 29.5 Å². The number of anilines is 1. The Labute approximate surface area is 113 Å². The van der Waals surface area contributed by atoms with E-state index in [4.69, 9.17) is 4.74 Å². The molecule has 1 atom stereocenters. The first kappa shape index (κ1) is 14.0. The number of benzene rings is 1. The monoisotopic (exact) mass is 265 g/mol.